The van der Waals surface area contributed by atoms with Gasteiger partial charge in [0.1, 0.15) is 5.75 Å². The van der Waals surface area contributed by atoms with Crippen LogP contribution in [0.2, 0.25) is 0 Å². The van der Waals surface area contributed by atoms with Gasteiger partial charge in [0.05, 0.1) is 0 Å². The number of carbonyl (C=O) groups is 1. The smallest absolute Gasteiger partial charge is 0.251 e. The fraction of sp³-hybridized carbons (Fsp3) is 0.500. The average molecular weight is 248 g/mol. The predicted molar refractivity (Wildman–Crippen MR) is 70.7 cm³/mol. The summed E-state index contributed by atoms with van der Waals surface area (Å²) >= 11 is 0. The third kappa shape index (κ3) is 2.48. The van der Waals surface area contributed by atoms with E-state index in [9.17, 15) is 9.90 Å². The minimum absolute atomic E-state index is 0.118. The van der Waals surface area contributed by atoms with Gasteiger partial charge in [-0.25, -0.2) is 0 Å². The summed E-state index contributed by atoms with van der Waals surface area (Å²) in [6, 6.07) is 6.43. The van der Waals surface area contributed by atoms with Gasteiger partial charge in [0.15, 0.2) is 0 Å². The van der Waals surface area contributed by atoms with Crippen molar-refractivity contribution in [3.63, 3.8) is 0 Å². The van der Waals surface area contributed by atoms with Gasteiger partial charge in [0, 0.05) is 17.6 Å². The van der Waals surface area contributed by atoms with E-state index in [4.69, 9.17) is 0 Å². The third-order valence-electron chi connectivity index (χ3n) is 3.92. The normalized spacial score (nSPS) is 17.3. The zero-order chi connectivity index (χ0) is 13.2. The molecule has 1 aliphatic carbocycles. The molecule has 0 aliphatic heterocycles. The molecule has 2 N–H and O–H groups in total. The van der Waals surface area contributed by atoms with Gasteiger partial charge < -0.3 is 15.3 Å². The molecule has 18 heavy (non-hydrogen) atoms. The van der Waals surface area contributed by atoms with Crippen LogP contribution in [0.3, 0.4) is 0 Å². The van der Waals surface area contributed by atoms with Crippen molar-refractivity contribution in [3.8, 4) is 5.75 Å². The maximum absolute atomic E-state index is 12.0. The first-order valence-electron chi connectivity index (χ1n) is 6.28. The number of phenolic OH excluding ortho intramolecular Hbond substituents is 1. The Bertz CT molecular complexity index is 439. The Kier molecular flexibility index (Phi) is 3.57. The summed E-state index contributed by atoms with van der Waals surface area (Å²) in [7, 11) is 4.11. The van der Waals surface area contributed by atoms with E-state index in [1.807, 2.05) is 0 Å². The molecule has 1 aromatic rings. The predicted octanol–water partition coefficient (Wildman–Crippen LogP) is 1.61. The van der Waals surface area contributed by atoms with E-state index < -0.39 is 0 Å². The van der Waals surface area contributed by atoms with Gasteiger partial charge in [-0.2, -0.15) is 0 Å². The topological polar surface area (TPSA) is 52.6 Å². The number of nitrogens with zero attached hydrogens (tertiary/aromatic N) is 1. The molecule has 1 amide bonds. The summed E-state index contributed by atoms with van der Waals surface area (Å²) in [6.07, 6.45) is 3.47. The lowest BCUT2D eigenvalue weighted by molar-refractivity contribution is 0.0557. The largest absolute Gasteiger partial charge is 0.508 e. The van der Waals surface area contributed by atoms with E-state index in [0.29, 0.717) is 12.1 Å². The molecule has 0 heterocycles. The van der Waals surface area contributed by atoms with E-state index in [0.717, 1.165) is 12.8 Å². The number of aromatic hydroxyl groups is 1. The zero-order valence-electron chi connectivity index (χ0n) is 10.9. The van der Waals surface area contributed by atoms with Crippen LogP contribution in [0.1, 0.15) is 29.6 Å². The van der Waals surface area contributed by atoms with Crippen molar-refractivity contribution in [2.45, 2.75) is 24.8 Å². The van der Waals surface area contributed by atoms with E-state index in [2.05, 4.69) is 24.3 Å². The van der Waals surface area contributed by atoms with E-state index in [1.54, 1.807) is 18.2 Å². The molecule has 2 rings (SSSR count). The van der Waals surface area contributed by atoms with Gasteiger partial charge in [0.2, 0.25) is 0 Å². The lowest BCUT2D eigenvalue weighted by Gasteiger charge is -2.47. The Balaban J connectivity index is 1.96. The first kappa shape index (κ1) is 12.9. The second kappa shape index (κ2) is 4.98. The van der Waals surface area contributed by atoms with Gasteiger partial charge in [0.25, 0.3) is 5.91 Å². The molecule has 1 aromatic carbocycles. The standard InChI is InChI=1S/C14H20N2O2/c1-16(2)14(7-4-8-14)10-15-13(18)11-5-3-6-12(17)9-11/h3,5-6,9,17H,4,7-8,10H2,1-2H3,(H,15,18). The van der Waals surface area contributed by atoms with E-state index in [-0.39, 0.29) is 17.2 Å². The molecule has 0 spiro atoms. The monoisotopic (exact) mass is 248 g/mol. The molecule has 1 fully saturated rings. The summed E-state index contributed by atoms with van der Waals surface area (Å²) in [4.78, 5) is 14.2. The second-order valence-corrected chi connectivity index (χ2v) is 5.21. The number of likely N-dealkylation sites (N-methyl/N-ethyl adjacent to an activating group) is 1. The van der Waals surface area contributed by atoms with Crippen molar-refractivity contribution < 1.29 is 9.90 Å². The summed E-state index contributed by atoms with van der Waals surface area (Å²) in [6.45, 7) is 0.661. The highest BCUT2D eigenvalue weighted by molar-refractivity contribution is 5.94. The maximum Gasteiger partial charge on any atom is 0.251 e. The van der Waals surface area contributed by atoms with E-state index in [1.165, 1.54) is 12.5 Å². The molecule has 0 bridgehead atoms. The SMILES string of the molecule is CN(C)C1(CNC(=O)c2cccc(O)c2)CCC1. The Morgan fingerprint density at radius 1 is 1.44 bits per heavy atom. The highest BCUT2D eigenvalue weighted by Crippen LogP contribution is 2.35. The van der Waals surface area contributed by atoms with Crippen LogP contribution in [0, 0.1) is 0 Å². The van der Waals surface area contributed by atoms with E-state index >= 15 is 0 Å². The van der Waals surface area contributed by atoms with Crippen molar-refractivity contribution in [1.82, 2.24) is 10.2 Å². The summed E-state index contributed by atoms with van der Waals surface area (Å²) < 4.78 is 0. The highest BCUT2D eigenvalue weighted by atomic mass is 16.3. The highest BCUT2D eigenvalue weighted by Gasteiger charge is 2.39. The number of rotatable bonds is 4. The Morgan fingerprint density at radius 3 is 2.67 bits per heavy atom. The number of amides is 1. The molecule has 1 saturated carbocycles. The minimum Gasteiger partial charge on any atom is -0.508 e. The quantitative estimate of drug-likeness (QED) is 0.851. The molecule has 0 unspecified atom stereocenters. The first-order valence-corrected chi connectivity index (χ1v) is 6.28. The minimum atomic E-state index is -0.126. The van der Waals surface area contributed by atoms with Crippen LogP contribution in [0.25, 0.3) is 0 Å². The van der Waals surface area contributed by atoms with Crippen molar-refractivity contribution >= 4 is 5.91 Å². The van der Waals surface area contributed by atoms with Crippen LogP contribution < -0.4 is 5.32 Å². The van der Waals surface area contributed by atoms with Gasteiger partial charge in [-0.3, -0.25) is 4.79 Å². The molecular formula is C14H20N2O2. The lowest BCUT2D eigenvalue weighted by atomic mass is 9.75. The molecule has 0 radical (unpaired) electrons. The van der Waals surface area contributed by atoms with Crippen molar-refractivity contribution in [2.75, 3.05) is 20.6 Å². The molecule has 1 aliphatic rings. The number of phenols is 1. The third-order valence-corrected chi connectivity index (χ3v) is 3.92. The fourth-order valence-corrected chi connectivity index (χ4v) is 2.36. The lowest BCUT2D eigenvalue weighted by Crippen LogP contribution is -2.57. The van der Waals surface area contributed by atoms with Crippen LogP contribution in [-0.2, 0) is 0 Å². The molecule has 4 heteroatoms. The first-order chi connectivity index (χ1) is 8.53. The number of carbonyl (C=O) groups excluding carboxylic acids is 1. The molecule has 0 saturated heterocycles. The van der Waals surface area contributed by atoms with Crippen LogP contribution in [0.15, 0.2) is 24.3 Å². The number of nitrogens with one attached hydrogen (secondary N) is 1. The number of hydrogen-bond acceptors (Lipinski definition) is 3. The second-order valence-electron chi connectivity index (χ2n) is 5.21. The van der Waals surface area contributed by atoms with Crippen molar-refractivity contribution in [2.24, 2.45) is 0 Å². The fourth-order valence-electron chi connectivity index (χ4n) is 2.36. The molecular weight excluding hydrogens is 228 g/mol. The Labute approximate surface area is 108 Å². The number of hydrogen-bond donors (Lipinski definition) is 2. The van der Waals surface area contributed by atoms with Crippen LogP contribution >= 0.6 is 0 Å². The van der Waals surface area contributed by atoms with Crippen LogP contribution in [0.4, 0.5) is 0 Å². The summed E-state index contributed by atoms with van der Waals surface area (Å²) in [5.74, 6) is -0.00681. The van der Waals surface area contributed by atoms with Crippen LogP contribution in [0.5, 0.6) is 5.75 Å². The maximum atomic E-state index is 12.0. The van der Waals surface area contributed by atoms with Gasteiger partial charge in [-0.1, -0.05) is 6.07 Å². The molecule has 4 nitrogen and oxygen atoms in total. The van der Waals surface area contributed by atoms with Gasteiger partial charge in [-0.05, 0) is 51.6 Å². The molecule has 0 aromatic heterocycles. The molecule has 0 atom stereocenters. The Hall–Kier alpha value is -1.55. The van der Waals surface area contributed by atoms with Crippen molar-refractivity contribution in [3.05, 3.63) is 29.8 Å². The van der Waals surface area contributed by atoms with Gasteiger partial charge >= 0.3 is 0 Å². The van der Waals surface area contributed by atoms with Gasteiger partial charge in [-0.15, -0.1) is 0 Å². The van der Waals surface area contributed by atoms with Crippen LogP contribution in [-0.4, -0.2) is 42.1 Å². The average Bonchev–Trinajstić information content (AvgIpc) is 2.26. The number of benzene rings is 1. The zero-order valence-corrected chi connectivity index (χ0v) is 10.9. The van der Waals surface area contributed by atoms with Crippen molar-refractivity contribution in [1.29, 1.82) is 0 Å². The Morgan fingerprint density at radius 2 is 2.17 bits per heavy atom. The summed E-state index contributed by atoms with van der Waals surface area (Å²) in [5, 5.41) is 12.3. The summed E-state index contributed by atoms with van der Waals surface area (Å²) in [5.41, 5.74) is 0.621. The molecule has 98 valence electrons.